The zero-order chi connectivity index (χ0) is 18.1. The van der Waals surface area contributed by atoms with E-state index in [0.717, 1.165) is 24.7 Å². The van der Waals surface area contributed by atoms with Crippen LogP contribution in [0, 0.1) is 5.92 Å². The molecule has 0 radical (unpaired) electrons. The quantitative estimate of drug-likeness (QED) is 0.329. The first-order chi connectivity index (χ1) is 12.0. The number of imidazole rings is 1. The van der Waals surface area contributed by atoms with Crippen molar-refractivity contribution in [3.05, 3.63) is 54.1 Å². The van der Waals surface area contributed by atoms with Gasteiger partial charge in [-0.2, -0.15) is 0 Å². The number of aliphatic imine (C=N–C) groups is 1. The molecule has 0 aliphatic carbocycles. The lowest BCUT2D eigenvalue weighted by atomic mass is 10.0. The lowest BCUT2D eigenvalue weighted by molar-refractivity contribution is 0.493. The molecule has 5 nitrogen and oxygen atoms in total. The highest BCUT2D eigenvalue weighted by atomic mass is 127. The summed E-state index contributed by atoms with van der Waals surface area (Å²) < 4.78 is 2.11. The van der Waals surface area contributed by atoms with E-state index in [1.54, 1.807) is 0 Å². The maximum atomic E-state index is 6.03. The van der Waals surface area contributed by atoms with Gasteiger partial charge in [0.1, 0.15) is 12.4 Å². The lowest BCUT2D eigenvalue weighted by Crippen LogP contribution is -2.38. The largest absolute Gasteiger partial charge is 0.370 e. The van der Waals surface area contributed by atoms with Crippen molar-refractivity contribution in [1.82, 2.24) is 14.9 Å². The highest BCUT2D eigenvalue weighted by Crippen LogP contribution is 2.08. The van der Waals surface area contributed by atoms with E-state index in [-0.39, 0.29) is 24.0 Å². The average Bonchev–Trinajstić information content (AvgIpc) is 3.00. The molecule has 1 aromatic carbocycles. The van der Waals surface area contributed by atoms with E-state index in [1.807, 2.05) is 30.6 Å². The van der Waals surface area contributed by atoms with Gasteiger partial charge in [-0.3, -0.25) is 0 Å². The van der Waals surface area contributed by atoms with Crippen molar-refractivity contribution in [3.8, 4) is 0 Å². The van der Waals surface area contributed by atoms with Crippen molar-refractivity contribution >= 4 is 29.9 Å². The minimum Gasteiger partial charge on any atom is -0.370 e. The topological polar surface area (TPSA) is 68.2 Å². The molecular weight excluding hydrogens is 437 g/mol. The predicted octanol–water partition coefficient (Wildman–Crippen LogP) is 4.17. The highest BCUT2D eigenvalue weighted by molar-refractivity contribution is 14.0. The summed E-state index contributed by atoms with van der Waals surface area (Å²) in [5.41, 5.74) is 7.27. The SMILES string of the molecule is CC(C)CCCC(C)NC(N)=NCc1nccn1Cc1ccccc1.I. The Morgan fingerprint density at radius 2 is 1.92 bits per heavy atom. The van der Waals surface area contributed by atoms with Gasteiger partial charge in [-0.15, -0.1) is 24.0 Å². The molecule has 26 heavy (non-hydrogen) atoms. The van der Waals surface area contributed by atoms with Gasteiger partial charge in [-0.1, -0.05) is 57.0 Å². The van der Waals surface area contributed by atoms with Gasteiger partial charge in [0, 0.05) is 25.0 Å². The standard InChI is InChI=1S/C20H31N5.HI/c1-16(2)8-7-9-17(3)24-20(21)23-14-19-22-12-13-25(19)15-18-10-5-4-6-11-18;/h4-6,10-13,16-17H,7-9,14-15H2,1-3H3,(H3,21,23,24);1H. The Bertz CT molecular complexity index is 651. The van der Waals surface area contributed by atoms with E-state index in [4.69, 9.17) is 5.73 Å². The van der Waals surface area contributed by atoms with Gasteiger partial charge in [0.2, 0.25) is 0 Å². The van der Waals surface area contributed by atoms with Crippen LogP contribution in [0.5, 0.6) is 0 Å². The number of aromatic nitrogens is 2. The third-order valence-electron chi connectivity index (χ3n) is 4.20. The van der Waals surface area contributed by atoms with Crippen LogP contribution in [0.3, 0.4) is 0 Å². The van der Waals surface area contributed by atoms with Crippen molar-refractivity contribution in [3.63, 3.8) is 0 Å². The second kappa shape index (κ2) is 11.9. The van der Waals surface area contributed by atoms with Crippen molar-refractivity contribution in [2.45, 2.75) is 59.2 Å². The van der Waals surface area contributed by atoms with Crippen LogP contribution in [-0.4, -0.2) is 21.6 Å². The fourth-order valence-corrected chi connectivity index (χ4v) is 2.77. The molecule has 2 rings (SSSR count). The Labute approximate surface area is 174 Å². The Morgan fingerprint density at radius 3 is 2.62 bits per heavy atom. The first-order valence-corrected chi connectivity index (χ1v) is 9.15. The zero-order valence-corrected chi connectivity index (χ0v) is 18.4. The van der Waals surface area contributed by atoms with Crippen molar-refractivity contribution in [2.75, 3.05) is 0 Å². The fourth-order valence-electron chi connectivity index (χ4n) is 2.77. The molecule has 0 saturated carbocycles. The normalized spacial score (nSPS) is 12.7. The Balaban J connectivity index is 0.00000338. The number of halogens is 1. The van der Waals surface area contributed by atoms with E-state index in [2.05, 4.69) is 52.8 Å². The summed E-state index contributed by atoms with van der Waals surface area (Å²) in [6.07, 6.45) is 7.36. The van der Waals surface area contributed by atoms with Gasteiger partial charge < -0.3 is 15.6 Å². The zero-order valence-electron chi connectivity index (χ0n) is 16.1. The number of hydrogen-bond donors (Lipinski definition) is 2. The molecule has 0 bridgehead atoms. The van der Waals surface area contributed by atoms with Crippen LogP contribution in [0.15, 0.2) is 47.7 Å². The Morgan fingerprint density at radius 1 is 1.19 bits per heavy atom. The number of rotatable bonds is 9. The number of hydrogen-bond acceptors (Lipinski definition) is 2. The molecular formula is C20H32IN5. The van der Waals surface area contributed by atoms with Gasteiger partial charge in [0.25, 0.3) is 0 Å². The Hall–Kier alpha value is -1.57. The summed E-state index contributed by atoms with van der Waals surface area (Å²) in [7, 11) is 0. The molecule has 1 heterocycles. The van der Waals surface area contributed by atoms with E-state index < -0.39 is 0 Å². The van der Waals surface area contributed by atoms with E-state index in [9.17, 15) is 0 Å². The third kappa shape index (κ3) is 8.21. The number of benzene rings is 1. The predicted molar refractivity (Wildman–Crippen MR) is 120 cm³/mol. The van der Waals surface area contributed by atoms with Gasteiger partial charge >= 0.3 is 0 Å². The first kappa shape index (κ1) is 22.5. The van der Waals surface area contributed by atoms with Gasteiger partial charge in [-0.25, -0.2) is 9.98 Å². The number of nitrogens with zero attached hydrogens (tertiary/aromatic N) is 3. The van der Waals surface area contributed by atoms with Gasteiger partial charge in [0.05, 0.1) is 0 Å². The van der Waals surface area contributed by atoms with Gasteiger partial charge in [-0.05, 0) is 24.8 Å². The summed E-state index contributed by atoms with van der Waals surface area (Å²) >= 11 is 0. The molecule has 1 unspecified atom stereocenters. The minimum atomic E-state index is 0. The second-order valence-electron chi connectivity index (χ2n) is 7.03. The third-order valence-corrected chi connectivity index (χ3v) is 4.20. The molecule has 1 aromatic heterocycles. The van der Waals surface area contributed by atoms with Crippen LogP contribution in [0.2, 0.25) is 0 Å². The van der Waals surface area contributed by atoms with Crippen molar-refractivity contribution < 1.29 is 0 Å². The maximum absolute atomic E-state index is 6.03. The molecule has 0 saturated heterocycles. The van der Waals surface area contributed by atoms with Crippen LogP contribution in [0.25, 0.3) is 0 Å². The molecule has 2 aromatic rings. The van der Waals surface area contributed by atoms with Crippen LogP contribution in [-0.2, 0) is 13.1 Å². The maximum Gasteiger partial charge on any atom is 0.189 e. The van der Waals surface area contributed by atoms with E-state index in [1.165, 1.54) is 18.4 Å². The molecule has 0 fully saturated rings. The molecule has 0 spiro atoms. The molecule has 1 atom stereocenters. The molecule has 0 aliphatic rings. The minimum absolute atomic E-state index is 0. The number of nitrogens with one attached hydrogen (secondary N) is 1. The Kier molecular flexibility index (Phi) is 10.3. The van der Waals surface area contributed by atoms with Crippen LogP contribution in [0.4, 0.5) is 0 Å². The van der Waals surface area contributed by atoms with Crippen molar-refractivity contribution in [2.24, 2.45) is 16.6 Å². The fraction of sp³-hybridized carbons (Fsp3) is 0.500. The number of nitrogens with two attached hydrogens (primary N) is 1. The summed E-state index contributed by atoms with van der Waals surface area (Å²) in [6.45, 7) is 7.94. The smallest absolute Gasteiger partial charge is 0.189 e. The molecule has 3 N–H and O–H groups in total. The van der Waals surface area contributed by atoms with E-state index >= 15 is 0 Å². The average molecular weight is 469 g/mol. The van der Waals surface area contributed by atoms with E-state index in [0.29, 0.717) is 18.5 Å². The van der Waals surface area contributed by atoms with Crippen LogP contribution >= 0.6 is 24.0 Å². The first-order valence-electron chi connectivity index (χ1n) is 9.15. The summed E-state index contributed by atoms with van der Waals surface area (Å²) in [5, 5.41) is 3.28. The van der Waals surface area contributed by atoms with Crippen LogP contribution in [0.1, 0.15) is 51.4 Å². The summed E-state index contributed by atoms with van der Waals surface area (Å²) in [6, 6.07) is 10.7. The molecule has 144 valence electrons. The summed E-state index contributed by atoms with van der Waals surface area (Å²) in [5.74, 6) is 2.16. The molecule has 0 amide bonds. The highest BCUT2D eigenvalue weighted by Gasteiger charge is 2.06. The number of guanidine groups is 1. The molecule has 0 aliphatic heterocycles. The monoisotopic (exact) mass is 469 g/mol. The summed E-state index contributed by atoms with van der Waals surface area (Å²) in [4.78, 5) is 8.86. The van der Waals surface area contributed by atoms with Gasteiger partial charge in [0.15, 0.2) is 5.96 Å². The van der Waals surface area contributed by atoms with Crippen LogP contribution < -0.4 is 11.1 Å². The molecule has 6 heteroatoms. The second-order valence-corrected chi connectivity index (χ2v) is 7.03. The van der Waals surface area contributed by atoms with Crippen molar-refractivity contribution in [1.29, 1.82) is 0 Å². The lowest BCUT2D eigenvalue weighted by Gasteiger charge is -2.15.